The molecule has 0 aliphatic rings. The number of nitrogen functional groups attached to an aromatic ring is 1. The molecule has 108 valence electrons. The molecule has 0 aromatic heterocycles. The summed E-state index contributed by atoms with van der Waals surface area (Å²) in [4.78, 5) is 0. The molecule has 0 saturated heterocycles. The van der Waals surface area contributed by atoms with Crippen LogP contribution in [0, 0.1) is 6.92 Å². The third-order valence-electron chi connectivity index (χ3n) is 2.21. The van der Waals surface area contributed by atoms with Gasteiger partial charge in [-0.2, -0.15) is 13.2 Å². The number of ether oxygens (including phenoxy) is 2. The molecule has 0 unspecified atom stereocenters. The Bertz CT molecular complexity index is 401. The van der Waals surface area contributed by atoms with Crippen molar-refractivity contribution in [2.45, 2.75) is 19.5 Å². The van der Waals surface area contributed by atoms with E-state index in [1.54, 1.807) is 6.07 Å². The van der Waals surface area contributed by atoms with Gasteiger partial charge < -0.3 is 15.2 Å². The number of hydrogen-bond donors (Lipinski definition) is 1. The summed E-state index contributed by atoms with van der Waals surface area (Å²) in [6, 6.07) is 3.56. The number of hydrogen-bond acceptors (Lipinski definition) is 3. The van der Waals surface area contributed by atoms with E-state index in [0.29, 0.717) is 17.9 Å². The molecule has 0 fully saturated rings. The summed E-state index contributed by atoms with van der Waals surface area (Å²) in [6.07, 6.45) is -3.92. The van der Waals surface area contributed by atoms with E-state index in [0.717, 1.165) is 10.0 Å². The lowest BCUT2D eigenvalue weighted by Crippen LogP contribution is -2.18. The van der Waals surface area contributed by atoms with Gasteiger partial charge in [0.1, 0.15) is 12.4 Å². The van der Waals surface area contributed by atoms with Crippen molar-refractivity contribution >= 4 is 21.6 Å². The quantitative estimate of drug-likeness (QED) is 0.634. The summed E-state index contributed by atoms with van der Waals surface area (Å²) in [5.74, 6) is 0.555. The average molecular weight is 342 g/mol. The smallest absolute Gasteiger partial charge is 0.411 e. The summed E-state index contributed by atoms with van der Waals surface area (Å²) in [7, 11) is 0. The second-order valence-corrected chi connectivity index (χ2v) is 4.93. The average Bonchev–Trinajstić information content (AvgIpc) is 2.24. The first-order valence-electron chi connectivity index (χ1n) is 5.62. The number of halogens is 4. The number of benzene rings is 1. The third-order valence-corrected chi connectivity index (χ3v) is 2.67. The van der Waals surface area contributed by atoms with Crippen LogP contribution in [0.5, 0.6) is 5.75 Å². The van der Waals surface area contributed by atoms with Crippen LogP contribution in [0.2, 0.25) is 0 Å². The fourth-order valence-corrected chi connectivity index (χ4v) is 2.07. The molecular formula is C12H15BrF3NO2. The Labute approximate surface area is 118 Å². The van der Waals surface area contributed by atoms with Crippen LogP contribution in [0.1, 0.15) is 12.0 Å². The minimum absolute atomic E-state index is 0.00497. The van der Waals surface area contributed by atoms with Gasteiger partial charge in [-0.15, -0.1) is 0 Å². The zero-order valence-corrected chi connectivity index (χ0v) is 12.0. The van der Waals surface area contributed by atoms with E-state index in [1.165, 1.54) is 0 Å². The first-order chi connectivity index (χ1) is 8.79. The third kappa shape index (κ3) is 6.15. The lowest BCUT2D eigenvalue weighted by atomic mass is 10.2. The van der Waals surface area contributed by atoms with Crippen LogP contribution in [-0.4, -0.2) is 26.0 Å². The molecule has 1 aromatic rings. The molecule has 19 heavy (non-hydrogen) atoms. The maximum Gasteiger partial charge on any atom is 0.411 e. The second kappa shape index (κ2) is 7.00. The van der Waals surface area contributed by atoms with Crippen molar-refractivity contribution in [2.75, 3.05) is 25.6 Å². The van der Waals surface area contributed by atoms with Crippen LogP contribution in [0.15, 0.2) is 16.6 Å². The highest BCUT2D eigenvalue weighted by Gasteiger charge is 2.27. The van der Waals surface area contributed by atoms with Gasteiger partial charge >= 0.3 is 6.18 Å². The zero-order valence-electron chi connectivity index (χ0n) is 10.4. The van der Waals surface area contributed by atoms with Crippen molar-refractivity contribution in [1.29, 1.82) is 0 Å². The predicted molar refractivity (Wildman–Crippen MR) is 70.3 cm³/mol. The van der Waals surface area contributed by atoms with Gasteiger partial charge in [0.25, 0.3) is 0 Å². The first-order valence-corrected chi connectivity index (χ1v) is 6.42. The molecule has 3 nitrogen and oxygen atoms in total. The molecule has 7 heteroatoms. The van der Waals surface area contributed by atoms with Crippen molar-refractivity contribution in [3.8, 4) is 5.75 Å². The summed E-state index contributed by atoms with van der Waals surface area (Å²) < 4.78 is 46.2. The molecule has 0 amide bonds. The first kappa shape index (κ1) is 16.1. The lowest BCUT2D eigenvalue weighted by Gasteiger charge is -2.12. The highest BCUT2D eigenvalue weighted by atomic mass is 79.9. The van der Waals surface area contributed by atoms with Crippen LogP contribution in [-0.2, 0) is 4.74 Å². The molecule has 0 heterocycles. The van der Waals surface area contributed by atoms with Crippen molar-refractivity contribution in [3.63, 3.8) is 0 Å². The van der Waals surface area contributed by atoms with Gasteiger partial charge in [0.15, 0.2) is 0 Å². The number of aryl methyl sites for hydroxylation is 1. The standard InChI is InChI=1S/C12H15BrF3NO2/c1-8-5-9(13)6-10(17)11(8)19-4-2-3-18-7-12(14,15)16/h5-6H,2-4,7,17H2,1H3. The van der Waals surface area contributed by atoms with Gasteiger partial charge in [-0.25, -0.2) is 0 Å². The van der Waals surface area contributed by atoms with Crippen molar-refractivity contribution in [3.05, 3.63) is 22.2 Å². The minimum atomic E-state index is -4.28. The number of nitrogens with two attached hydrogens (primary N) is 1. The van der Waals surface area contributed by atoms with Gasteiger partial charge in [-0.05, 0) is 24.6 Å². The lowest BCUT2D eigenvalue weighted by molar-refractivity contribution is -0.174. The van der Waals surface area contributed by atoms with Crippen LogP contribution >= 0.6 is 15.9 Å². The molecule has 0 spiro atoms. The van der Waals surface area contributed by atoms with E-state index < -0.39 is 12.8 Å². The van der Waals surface area contributed by atoms with Gasteiger partial charge in [0, 0.05) is 10.9 Å². The van der Waals surface area contributed by atoms with Gasteiger partial charge in [-0.3, -0.25) is 0 Å². The Morgan fingerprint density at radius 2 is 1.95 bits per heavy atom. The van der Waals surface area contributed by atoms with E-state index in [2.05, 4.69) is 20.7 Å². The highest BCUT2D eigenvalue weighted by Crippen LogP contribution is 2.30. The number of anilines is 1. The molecule has 1 rings (SSSR count). The monoisotopic (exact) mass is 341 g/mol. The largest absolute Gasteiger partial charge is 0.491 e. The summed E-state index contributed by atoms with van der Waals surface area (Å²) in [5, 5.41) is 0. The van der Waals surface area contributed by atoms with E-state index in [-0.39, 0.29) is 13.2 Å². The van der Waals surface area contributed by atoms with Crippen LogP contribution in [0.3, 0.4) is 0 Å². The molecule has 0 atom stereocenters. The molecule has 1 aromatic carbocycles. The van der Waals surface area contributed by atoms with Gasteiger partial charge in [0.05, 0.1) is 18.9 Å². The molecule has 0 aliphatic heterocycles. The van der Waals surface area contributed by atoms with Crippen molar-refractivity contribution < 1.29 is 22.6 Å². The second-order valence-electron chi connectivity index (χ2n) is 4.01. The molecule has 0 saturated carbocycles. The topological polar surface area (TPSA) is 44.5 Å². The molecule has 0 bridgehead atoms. The normalized spacial score (nSPS) is 11.6. The van der Waals surface area contributed by atoms with E-state index in [9.17, 15) is 13.2 Å². The van der Waals surface area contributed by atoms with E-state index in [4.69, 9.17) is 10.5 Å². The van der Waals surface area contributed by atoms with Crippen LogP contribution in [0.25, 0.3) is 0 Å². The minimum Gasteiger partial charge on any atom is -0.491 e. The molecule has 2 N–H and O–H groups in total. The Morgan fingerprint density at radius 1 is 1.26 bits per heavy atom. The Morgan fingerprint density at radius 3 is 2.53 bits per heavy atom. The Balaban J connectivity index is 2.30. The molecule has 0 radical (unpaired) electrons. The van der Waals surface area contributed by atoms with Crippen LogP contribution < -0.4 is 10.5 Å². The maximum absolute atomic E-state index is 11.8. The highest BCUT2D eigenvalue weighted by molar-refractivity contribution is 9.10. The summed E-state index contributed by atoms with van der Waals surface area (Å²) >= 11 is 3.31. The maximum atomic E-state index is 11.8. The van der Waals surface area contributed by atoms with Crippen molar-refractivity contribution in [2.24, 2.45) is 0 Å². The zero-order chi connectivity index (χ0) is 14.5. The van der Waals surface area contributed by atoms with E-state index >= 15 is 0 Å². The van der Waals surface area contributed by atoms with Gasteiger partial charge in [-0.1, -0.05) is 15.9 Å². The fraction of sp³-hybridized carbons (Fsp3) is 0.500. The number of alkyl halides is 3. The number of rotatable bonds is 6. The Kier molecular flexibility index (Phi) is 5.93. The van der Waals surface area contributed by atoms with Gasteiger partial charge in [0.2, 0.25) is 0 Å². The summed E-state index contributed by atoms with van der Waals surface area (Å²) in [6.45, 7) is 0.864. The van der Waals surface area contributed by atoms with Crippen molar-refractivity contribution in [1.82, 2.24) is 0 Å². The predicted octanol–water partition coefficient (Wildman–Crippen LogP) is 3.69. The van der Waals surface area contributed by atoms with E-state index in [1.807, 2.05) is 13.0 Å². The van der Waals surface area contributed by atoms with Crippen LogP contribution in [0.4, 0.5) is 18.9 Å². The summed E-state index contributed by atoms with van der Waals surface area (Å²) in [5.41, 5.74) is 7.14. The Hall–Kier alpha value is -0.950. The SMILES string of the molecule is Cc1cc(Br)cc(N)c1OCCCOCC(F)(F)F. The molecule has 0 aliphatic carbocycles. The fourth-order valence-electron chi connectivity index (χ4n) is 1.48. The molecular weight excluding hydrogens is 327 g/mol.